The lowest BCUT2D eigenvalue weighted by atomic mass is 10.1. The maximum atomic E-state index is 11.8. The molecule has 0 radical (unpaired) electrons. The van der Waals surface area contributed by atoms with Crippen molar-refractivity contribution < 1.29 is 14.4 Å². The third kappa shape index (κ3) is 3.42. The highest BCUT2D eigenvalue weighted by atomic mass is 16.7. The van der Waals surface area contributed by atoms with Gasteiger partial charge in [0.25, 0.3) is 5.69 Å². The van der Waals surface area contributed by atoms with Crippen LogP contribution in [0.4, 0.5) is 17.2 Å². The van der Waals surface area contributed by atoms with Crippen LogP contribution in [0.5, 0.6) is 11.5 Å². The molecule has 5 rings (SSSR count). The van der Waals surface area contributed by atoms with Crippen LogP contribution in [0.15, 0.2) is 36.7 Å². The molecular formula is C21H21N5O4. The summed E-state index contributed by atoms with van der Waals surface area (Å²) in [6.07, 6.45) is 4.73. The zero-order valence-corrected chi connectivity index (χ0v) is 16.3. The number of rotatable bonds is 5. The van der Waals surface area contributed by atoms with Crippen LogP contribution in [0, 0.1) is 10.1 Å². The monoisotopic (exact) mass is 407 g/mol. The lowest BCUT2D eigenvalue weighted by Gasteiger charge is -2.28. The number of nitrogens with one attached hydrogen (secondary N) is 1. The summed E-state index contributed by atoms with van der Waals surface area (Å²) in [5.74, 6) is 2.00. The Morgan fingerprint density at radius 3 is 2.73 bits per heavy atom. The molecule has 9 heteroatoms. The Morgan fingerprint density at radius 2 is 1.90 bits per heavy atom. The number of ether oxygens (including phenoxy) is 2. The number of fused-ring (bicyclic) bond motifs is 2. The molecule has 0 bridgehead atoms. The summed E-state index contributed by atoms with van der Waals surface area (Å²) < 4.78 is 10.8. The van der Waals surface area contributed by atoms with Crippen molar-refractivity contribution in [1.82, 2.24) is 9.97 Å². The second-order valence-corrected chi connectivity index (χ2v) is 7.43. The van der Waals surface area contributed by atoms with Crippen LogP contribution in [-0.2, 0) is 6.54 Å². The van der Waals surface area contributed by atoms with Gasteiger partial charge in [0.15, 0.2) is 11.5 Å². The van der Waals surface area contributed by atoms with Crippen molar-refractivity contribution in [3.8, 4) is 11.5 Å². The first-order chi connectivity index (χ1) is 14.7. The Kier molecular flexibility index (Phi) is 4.70. The van der Waals surface area contributed by atoms with Gasteiger partial charge in [0.05, 0.1) is 10.4 Å². The topological polar surface area (TPSA) is 103 Å². The van der Waals surface area contributed by atoms with E-state index >= 15 is 0 Å². The first-order valence-corrected chi connectivity index (χ1v) is 9.99. The highest BCUT2D eigenvalue weighted by Crippen LogP contribution is 2.36. The van der Waals surface area contributed by atoms with Gasteiger partial charge in [-0.1, -0.05) is 6.07 Å². The molecule has 0 unspecified atom stereocenters. The minimum absolute atomic E-state index is 0.0883. The molecule has 1 fully saturated rings. The number of nitro groups is 1. The van der Waals surface area contributed by atoms with E-state index in [-0.39, 0.29) is 17.4 Å². The molecule has 0 atom stereocenters. The summed E-state index contributed by atoms with van der Waals surface area (Å²) in [6, 6.07) is 9.12. The van der Waals surface area contributed by atoms with Crippen LogP contribution in [0.1, 0.15) is 24.8 Å². The van der Waals surface area contributed by atoms with Crippen LogP contribution < -0.4 is 19.7 Å². The summed E-state index contributed by atoms with van der Waals surface area (Å²) in [5.41, 5.74) is 2.40. The number of piperidine rings is 1. The average molecular weight is 407 g/mol. The summed E-state index contributed by atoms with van der Waals surface area (Å²) in [7, 11) is 0. The number of hydrogen-bond acceptors (Lipinski definition) is 8. The van der Waals surface area contributed by atoms with Crippen LogP contribution in [0.3, 0.4) is 0 Å². The number of nitro benzene ring substituents is 1. The number of nitrogens with zero attached hydrogens (tertiary/aromatic N) is 4. The van der Waals surface area contributed by atoms with Crippen molar-refractivity contribution in [3.05, 3.63) is 52.3 Å². The van der Waals surface area contributed by atoms with Crippen molar-refractivity contribution in [3.63, 3.8) is 0 Å². The van der Waals surface area contributed by atoms with Crippen molar-refractivity contribution in [2.75, 3.05) is 30.1 Å². The van der Waals surface area contributed by atoms with Gasteiger partial charge in [-0.25, -0.2) is 9.97 Å². The third-order valence-corrected chi connectivity index (χ3v) is 5.52. The molecule has 0 amide bonds. The van der Waals surface area contributed by atoms with E-state index in [1.54, 1.807) is 6.07 Å². The second kappa shape index (κ2) is 7.66. The Balaban J connectivity index is 1.46. The number of hydrogen-bond donors (Lipinski definition) is 1. The van der Waals surface area contributed by atoms with Crippen LogP contribution in [0.25, 0.3) is 10.9 Å². The molecule has 0 aliphatic carbocycles. The molecule has 2 aliphatic heterocycles. The van der Waals surface area contributed by atoms with E-state index in [0.717, 1.165) is 43.7 Å². The van der Waals surface area contributed by atoms with E-state index in [4.69, 9.17) is 9.47 Å². The fraction of sp³-hybridized carbons (Fsp3) is 0.333. The molecule has 3 aromatic rings. The van der Waals surface area contributed by atoms with E-state index < -0.39 is 0 Å². The molecule has 9 nitrogen and oxygen atoms in total. The molecule has 2 aliphatic rings. The predicted octanol–water partition coefficient (Wildman–Crippen LogP) is 3.87. The van der Waals surface area contributed by atoms with Gasteiger partial charge in [0.1, 0.15) is 17.8 Å². The fourth-order valence-electron chi connectivity index (χ4n) is 3.99. The normalized spacial score (nSPS) is 15.4. The molecule has 2 aromatic carbocycles. The summed E-state index contributed by atoms with van der Waals surface area (Å²) in [5, 5.41) is 15.7. The lowest BCUT2D eigenvalue weighted by molar-refractivity contribution is -0.384. The highest BCUT2D eigenvalue weighted by Gasteiger charge is 2.23. The van der Waals surface area contributed by atoms with E-state index in [0.29, 0.717) is 34.7 Å². The van der Waals surface area contributed by atoms with E-state index in [1.165, 1.54) is 6.33 Å². The molecular weight excluding hydrogens is 386 g/mol. The van der Waals surface area contributed by atoms with Crippen LogP contribution in [0.2, 0.25) is 0 Å². The second-order valence-electron chi connectivity index (χ2n) is 7.43. The minimum atomic E-state index is -0.321. The number of aromatic nitrogens is 2. The van der Waals surface area contributed by atoms with Crippen molar-refractivity contribution in [2.45, 2.75) is 25.8 Å². The Labute approximate surface area is 172 Å². The van der Waals surface area contributed by atoms with Gasteiger partial charge in [0.2, 0.25) is 6.79 Å². The Bertz CT molecular complexity index is 1110. The third-order valence-electron chi connectivity index (χ3n) is 5.52. The van der Waals surface area contributed by atoms with Gasteiger partial charge in [0, 0.05) is 31.1 Å². The molecule has 3 heterocycles. The molecule has 0 spiro atoms. The quantitative estimate of drug-likeness (QED) is 0.502. The molecule has 0 saturated carbocycles. The molecule has 1 N–H and O–H groups in total. The largest absolute Gasteiger partial charge is 0.454 e. The maximum Gasteiger partial charge on any atom is 0.293 e. The lowest BCUT2D eigenvalue weighted by Crippen LogP contribution is -2.30. The standard InChI is InChI=1S/C21H21N5O4/c27-26(28)18-9-15-16(10-17(18)25-6-2-1-3-7-25)23-12-24-21(15)22-11-14-4-5-19-20(8-14)30-13-29-19/h4-5,8-10,12H,1-3,6-7,11,13H2,(H,22,23,24). The average Bonchev–Trinajstić information content (AvgIpc) is 3.25. The summed E-state index contributed by atoms with van der Waals surface area (Å²) >= 11 is 0. The van der Waals surface area contributed by atoms with Gasteiger partial charge in [-0.05, 0) is 43.0 Å². The van der Waals surface area contributed by atoms with Crippen LogP contribution >= 0.6 is 0 Å². The molecule has 1 aromatic heterocycles. The molecule has 1 saturated heterocycles. The first kappa shape index (κ1) is 18.4. The van der Waals surface area contributed by atoms with E-state index in [9.17, 15) is 10.1 Å². The minimum Gasteiger partial charge on any atom is -0.454 e. The Morgan fingerprint density at radius 1 is 1.07 bits per heavy atom. The fourth-order valence-corrected chi connectivity index (χ4v) is 3.99. The van der Waals surface area contributed by atoms with E-state index in [2.05, 4.69) is 20.2 Å². The Hall–Kier alpha value is -3.62. The maximum absolute atomic E-state index is 11.8. The van der Waals surface area contributed by atoms with Gasteiger partial charge < -0.3 is 19.7 Å². The predicted molar refractivity (Wildman–Crippen MR) is 112 cm³/mol. The molecule has 30 heavy (non-hydrogen) atoms. The van der Waals surface area contributed by atoms with Gasteiger partial charge in [-0.3, -0.25) is 10.1 Å². The zero-order chi connectivity index (χ0) is 20.5. The van der Waals surface area contributed by atoms with Crippen molar-refractivity contribution in [2.24, 2.45) is 0 Å². The molecule has 154 valence electrons. The van der Waals surface area contributed by atoms with Crippen molar-refractivity contribution in [1.29, 1.82) is 0 Å². The highest BCUT2D eigenvalue weighted by molar-refractivity contribution is 5.94. The summed E-state index contributed by atoms with van der Waals surface area (Å²) in [6.45, 7) is 2.37. The smallest absolute Gasteiger partial charge is 0.293 e. The van der Waals surface area contributed by atoms with E-state index in [1.807, 2.05) is 24.3 Å². The number of benzene rings is 2. The van der Waals surface area contributed by atoms with Gasteiger partial charge in [-0.15, -0.1) is 0 Å². The van der Waals surface area contributed by atoms with Gasteiger partial charge >= 0.3 is 0 Å². The zero-order valence-electron chi connectivity index (χ0n) is 16.3. The van der Waals surface area contributed by atoms with Gasteiger partial charge in [-0.2, -0.15) is 0 Å². The SMILES string of the molecule is O=[N+]([O-])c1cc2c(NCc3ccc4c(c3)OCO4)ncnc2cc1N1CCCCC1. The number of anilines is 2. The van der Waals surface area contributed by atoms with Crippen molar-refractivity contribution >= 4 is 28.1 Å². The summed E-state index contributed by atoms with van der Waals surface area (Å²) in [4.78, 5) is 22.2. The first-order valence-electron chi connectivity index (χ1n) is 9.99. The van der Waals surface area contributed by atoms with Crippen LogP contribution in [-0.4, -0.2) is 34.8 Å².